The Morgan fingerprint density at radius 1 is 1.00 bits per heavy atom. The number of piperazine rings is 1. The second kappa shape index (κ2) is 6.91. The highest BCUT2D eigenvalue weighted by Crippen LogP contribution is 2.21. The second-order valence-electron chi connectivity index (χ2n) is 8.30. The summed E-state index contributed by atoms with van der Waals surface area (Å²) in [5, 5.41) is 8.15. The van der Waals surface area contributed by atoms with E-state index in [1.165, 1.54) is 0 Å². The first-order chi connectivity index (χ1) is 14.4. The first-order valence-electron chi connectivity index (χ1n) is 10.3. The Morgan fingerprint density at radius 3 is 2.53 bits per heavy atom. The summed E-state index contributed by atoms with van der Waals surface area (Å²) in [5.41, 5.74) is 5.47. The van der Waals surface area contributed by atoms with E-state index in [9.17, 15) is 4.79 Å². The quantitative estimate of drug-likeness (QED) is 0.553. The fourth-order valence-corrected chi connectivity index (χ4v) is 4.36. The Morgan fingerprint density at radius 2 is 1.77 bits per heavy atom. The van der Waals surface area contributed by atoms with E-state index in [0.29, 0.717) is 29.1 Å². The normalized spacial score (nSPS) is 19.7. The highest BCUT2D eigenvalue weighted by atomic mass is 16.1. The van der Waals surface area contributed by atoms with Crippen LogP contribution in [0.1, 0.15) is 25.2 Å². The van der Waals surface area contributed by atoms with Crippen molar-refractivity contribution in [3.63, 3.8) is 0 Å². The van der Waals surface area contributed by atoms with Crippen molar-refractivity contribution in [1.82, 2.24) is 29.3 Å². The van der Waals surface area contributed by atoms with Crippen molar-refractivity contribution in [2.24, 2.45) is 0 Å². The molecule has 5 heterocycles. The predicted molar refractivity (Wildman–Crippen MR) is 117 cm³/mol. The van der Waals surface area contributed by atoms with Crippen LogP contribution in [0.2, 0.25) is 0 Å². The number of nitrogens with zero attached hydrogens (tertiary/aromatic N) is 6. The summed E-state index contributed by atoms with van der Waals surface area (Å²) in [6, 6.07) is 8.23. The Hall–Kier alpha value is -3.26. The van der Waals surface area contributed by atoms with Gasteiger partial charge in [0.25, 0.3) is 5.56 Å². The molecule has 4 aromatic rings. The average molecular weight is 403 g/mol. The lowest BCUT2D eigenvalue weighted by Gasteiger charge is -2.37. The van der Waals surface area contributed by atoms with E-state index in [1.807, 2.05) is 44.4 Å². The highest BCUT2D eigenvalue weighted by molar-refractivity contribution is 5.66. The number of rotatable bonds is 2. The molecule has 30 heavy (non-hydrogen) atoms. The Balaban J connectivity index is 1.56. The molecule has 0 aliphatic carbocycles. The third-order valence-electron chi connectivity index (χ3n) is 5.59. The molecule has 0 amide bonds. The number of anilines is 1. The SMILES string of the molecule is Cc1cn2nc(-c3cc(=O)n4cc(N5CC(C)NC(C)C5)ccc4n3)cc2c(C)n1. The Bertz CT molecular complexity index is 1310. The summed E-state index contributed by atoms with van der Waals surface area (Å²) >= 11 is 0. The van der Waals surface area contributed by atoms with Gasteiger partial charge < -0.3 is 10.2 Å². The van der Waals surface area contributed by atoms with Crippen molar-refractivity contribution in [1.29, 1.82) is 0 Å². The topological polar surface area (TPSA) is 79.8 Å². The molecule has 154 valence electrons. The van der Waals surface area contributed by atoms with Gasteiger partial charge >= 0.3 is 0 Å². The van der Waals surface area contributed by atoms with Gasteiger partial charge in [-0.2, -0.15) is 5.10 Å². The fourth-order valence-electron chi connectivity index (χ4n) is 4.36. The number of hydrogen-bond acceptors (Lipinski definition) is 6. The number of hydrogen-bond donors (Lipinski definition) is 1. The van der Waals surface area contributed by atoms with Crippen LogP contribution in [0, 0.1) is 13.8 Å². The van der Waals surface area contributed by atoms with Gasteiger partial charge in [-0.05, 0) is 45.9 Å². The minimum Gasteiger partial charge on any atom is -0.367 e. The van der Waals surface area contributed by atoms with Crippen molar-refractivity contribution in [2.75, 3.05) is 18.0 Å². The van der Waals surface area contributed by atoms with Crippen LogP contribution in [0.15, 0.2) is 41.5 Å². The van der Waals surface area contributed by atoms with E-state index >= 15 is 0 Å². The van der Waals surface area contributed by atoms with Gasteiger partial charge in [-0.25, -0.2) is 9.50 Å². The molecule has 1 saturated heterocycles. The van der Waals surface area contributed by atoms with E-state index in [2.05, 4.69) is 34.1 Å². The van der Waals surface area contributed by atoms with E-state index in [1.54, 1.807) is 15.0 Å². The molecule has 2 unspecified atom stereocenters. The molecular formula is C22H25N7O. The predicted octanol–water partition coefficient (Wildman–Crippen LogP) is 2.21. The number of pyridine rings is 1. The molecule has 0 radical (unpaired) electrons. The minimum atomic E-state index is -0.115. The second-order valence-corrected chi connectivity index (χ2v) is 8.30. The maximum absolute atomic E-state index is 12.9. The minimum absolute atomic E-state index is 0.115. The van der Waals surface area contributed by atoms with Crippen LogP contribution < -0.4 is 15.8 Å². The molecule has 4 aromatic heterocycles. The molecule has 2 atom stereocenters. The van der Waals surface area contributed by atoms with Gasteiger partial charge in [0, 0.05) is 37.4 Å². The number of aryl methyl sites for hydroxylation is 2. The summed E-state index contributed by atoms with van der Waals surface area (Å²) in [7, 11) is 0. The summed E-state index contributed by atoms with van der Waals surface area (Å²) < 4.78 is 3.41. The van der Waals surface area contributed by atoms with Crippen LogP contribution in [-0.2, 0) is 0 Å². The van der Waals surface area contributed by atoms with Crippen molar-refractivity contribution < 1.29 is 0 Å². The summed E-state index contributed by atoms with van der Waals surface area (Å²) in [6.45, 7) is 10.1. The molecule has 0 saturated carbocycles. The Labute approximate surface area is 174 Å². The standard InChI is InChI=1S/C22H25N7O/c1-13-9-27(10-14(2)23-13)17-5-6-21-25-18(8-22(30)28(21)12-17)19-7-20-16(4)24-15(3)11-29(20)26-19/h5-8,11-14,23H,9-10H2,1-4H3. The van der Waals surface area contributed by atoms with Gasteiger partial charge in [0.15, 0.2) is 0 Å². The molecule has 1 N–H and O–H groups in total. The monoisotopic (exact) mass is 403 g/mol. The van der Waals surface area contributed by atoms with Crippen LogP contribution in [0.5, 0.6) is 0 Å². The van der Waals surface area contributed by atoms with Gasteiger partial charge in [0.05, 0.1) is 34.5 Å². The molecule has 8 nitrogen and oxygen atoms in total. The summed E-state index contributed by atoms with van der Waals surface area (Å²) in [6.07, 6.45) is 3.77. The van der Waals surface area contributed by atoms with Gasteiger partial charge in [0.2, 0.25) is 0 Å². The van der Waals surface area contributed by atoms with Crippen molar-refractivity contribution >= 4 is 16.9 Å². The van der Waals surface area contributed by atoms with E-state index in [-0.39, 0.29) is 5.56 Å². The molecule has 0 spiro atoms. The molecule has 0 bridgehead atoms. The first-order valence-corrected chi connectivity index (χ1v) is 10.3. The van der Waals surface area contributed by atoms with Crippen molar-refractivity contribution in [2.45, 2.75) is 39.8 Å². The van der Waals surface area contributed by atoms with E-state index in [0.717, 1.165) is 35.7 Å². The van der Waals surface area contributed by atoms with Crippen LogP contribution in [0.3, 0.4) is 0 Å². The molecule has 5 rings (SSSR count). The Kier molecular flexibility index (Phi) is 4.32. The van der Waals surface area contributed by atoms with Crippen LogP contribution >= 0.6 is 0 Å². The maximum atomic E-state index is 12.9. The van der Waals surface area contributed by atoms with Crippen molar-refractivity contribution in [3.8, 4) is 11.4 Å². The fraction of sp³-hybridized carbons (Fsp3) is 0.364. The third-order valence-corrected chi connectivity index (χ3v) is 5.59. The molecule has 1 aliphatic heterocycles. The highest BCUT2D eigenvalue weighted by Gasteiger charge is 2.21. The van der Waals surface area contributed by atoms with Crippen LogP contribution in [0.4, 0.5) is 5.69 Å². The van der Waals surface area contributed by atoms with Crippen molar-refractivity contribution in [3.05, 3.63) is 58.4 Å². The zero-order valence-corrected chi connectivity index (χ0v) is 17.6. The summed E-state index contributed by atoms with van der Waals surface area (Å²) in [5.74, 6) is 0. The molecule has 1 aliphatic rings. The average Bonchev–Trinajstić information content (AvgIpc) is 3.11. The van der Waals surface area contributed by atoms with E-state index < -0.39 is 0 Å². The van der Waals surface area contributed by atoms with Crippen LogP contribution in [0.25, 0.3) is 22.6 Å². The van der Waals surface area contributed by atoms with Gasteiger partial charge in [0.1, 0.15) is 11.3 Å². The first kappa shape index (κ1) is 18.7. The summed E-state index contributed by atoms with van der Waals surface area (Å²) in [4.78, 5) is 24.4. The largest absolute Gasteiger partial charge is 0.367 e. The third kappa shape index (κ3) is 3.23. The van der Waals surface area contributed by atoms with Gasteiger partial charge in [-0.15, -0.1) is 0 Å². The van der Waals surface area contributed by atoms with Crippen LogP contribution in [-0.4, -0.2) is 49.2 Å². The maximum Gasteiger partial charge on any atom is 0.258 e. The van der Waals surface area contributed by atoms with Gasteiger partial charge in [-0.1, -0.05) is 0 Å². The lowest BCUT2D eigenvalue weighted by Crippen LogP contribution is -2.54. The molecule has 8 heteroatoms. The van der Waals surface area contributed by atoms with E-state index in [4.69, 9.17) is 4.98 Å². The zero-order chi connectivity index (χ0) is 21.0. The lowest BCUT2D eigenvalue weighted by molar-refractivity contribution is 0.407. The number of aromatic nitrogens is 5. The number of nitrogens with one attached hydrogen (secondary N) is 1. The molecule has 0 aromatic carbocycles. The lowest BCUT2D eigenvalue weighted by atomic mass is 10.1. The molecular weight excluding hydrogens is 378 g/mol. The smallest absolute Gasteiger partial charge is 0.258 e. The molecule has 1 fully saturated rings. The zero-order valence-electron chi connectivity index (χ0n) is 17.6. The number of fused-ring (bicyclic) bond motifs is 2. The van der Waals surface area contributed by atoms with Gasteiger partial charge in [-0.3, -0.25) is 14.2 Å².